The number of benzene rings is 1. The number of thiophene rings is 1. The van der Waals surface area contributed by atoms with E-state index < -0.39 is 0 Å². The minimum absolute atomic E-state index is 0.173. The molecule has 6 heteroatoms. The number of piperazine rings is 1. The molecule has 3 rings (SSSR count). The highest BCUT2D eigenvalue weighted by Gasteiger charge is 2.27. The van der Waals surface area contributed by atoms with Gasteiger partial charge in [0.25, 0.3) is 0 Å². The number of hydrogen-bond donors (Lipinski definition) is 1. The van der Waals surface area contributed by atoms with Crippen LogP contribution in [-0.4, -0.2) is 38.2 Å². The number of methoxy groups -OCH3 is 1. The molecule has 1 unspecified atom stereocenters. The summed E-state index contributed by atoms with van der Waals surface area (Å²) >= 11 is 11.4. The summed E-state index contributed by atoms with van der Waals surface area (Å²) in [6.45, 7) is 4.03. The van der Waals surface area contributed by atoms with Gasteiger partial charge in [-0.1, -0.05) is 27.5 Å². The molecule has 22 heavy (non-hydrogen) atoms. The Labute approximate surface area is 148 Å². The molecular weight excluding hydrogens is 384 g/mol. The summed E-state index contributed by atoms with van der Waals surface area (Å²) < 4.78 is 7.49. The summed E-state index contributed by atoms with van der Waals surface area (Å²) in [5.74, 6) is 0.913. The average molecular weight is 402 g/mol. The average Bonchev–Trinajstić information content (AvgIpc) is 2.95. The molecule has 2 heterocycles. The third kappa shape index (κ3) is 3.49. The Bertz CT molecular complexity index is 643. The van der Waals surface area contributed by atoms with Crippen LogP contribution in [0.3, 0.4) is 0 Å². The molecule has 0 aliphatic carbocycles. The first-order valence-corrected chi connectivity index (χ1v) is 9.21. The Morgan fingerprint density at radius 3 is 2.68 bits per heavy atom. The predicted molar refractivity (Wildman–Crippen MR) is 96.3 cm³/mol. The van der Waals surface area contributed by atoms with E-state index in [-0.39, 0.29) is 6.04 Å². The Morgan fingerprint density at radius 1 is 1.27 bits per heavy atom. The van der Waals surface area contributed by atoms with E-state index >= 15 is 0 Å². The zero-order valence-corrected chi connectivity index (χ0v) is 15.5. The molecule has 1 saturated heterocycles. The minimum Gasteiger partial charge on any atom is -0.496 e. The lowest BCUT2D eigenvalue weighted by Crippen LogP contribution is -2.45. The van der Waals surface area contributed by atoms with E-state index in [0.717, 1.165) is 40.7 Å². The SMILES string of the molecule is COc1ccc(Br)cc1C(c1ccc(Cl)s1)N1CCNCC1. The topological polar surface area (TPSA) is 24.5 Å². The highest BCUT2D eigenvalue weighted by molar-refractivity contribution is 9.10. The van der Waals surface area contributed by atoms with Crippen molar-refractivity contribution in [3.63, 3.8) is 0 Å². The number of halogens is 2. The van der Waals surface area contributed by atoms with Crippen LogP contribution in [0.25, 0.3) is 0 Å². The van der Waals surface area contributed by atoms with Gasteiger partial charge in [0.15, 0.2) is 0 Å². The van der Waals surface area contributed by atoms with Crippen molar-refractivity contribution >= 4 is 38.9 Å². The molecule has 118 valence electrons. The second-order valence-electron chi connectivity index (χ2n) is 5.22. The van der Waals surface area contributed by atoms with Gasteiger partial charge < -0.3 is 10.1 Å². The van der Waals surface area contributed by atoms with Crippen molar-refractivity contribution in [2.24, 2.45) is 0 Å². The summed E-state index contributed by atoms with van der Waals surface area (Å²) in [5.41, 5.74) is 1.18. The molecule has 0 bridgehead atoms. The molecule has 3 nitrogen and oxygen atoms in total. The van der Waals surface area contributed by atoms with Gasteiger partial charge in [-0.3, -0.25) is 4.90 Å². The maximum atomic E-state index is 6.18. The van der Waals surface area contributed by atoms with Gasteiger partial charge in [-0.15, -0.1) is 11.3 Å². The highest BCUT2D eigenvalue weighted by Crippen LogP contribution is 2.40. The maximum Gasteiger partial charge on any atom is 0.124 e. The zero-order chi connectivity index (χ0) is 15.5. The summed E-state index contributed by atoms with van der Waals surface area (Å²) in [5, 5.41) is 3.41. The monoisotopic (exact) mass is 400 g/mol. The van der Waals surface area contributed by atoms with Crippen LogP contribution in [0.5, 0.6) is 5.75 Å². The number of hydrogen-bond acceptors (Lipinski definition) is 4. The smallest absolute Gasteiger partial charge is 0.124 e. The Hall–Kier alpha value is -0.590. The second-order valence-corrected chi connectivity index (χ2v) is 7.88. The molecule has 1 aliphatic rings. The van der Waals surface area contributed by atoms with Crippen LogP contribution in [0.15, 0.2) is 34.8 Å². The van der Waals surface area contributed by atoms with Gasteiger partial charge >= 0.3 is 0 Å². The highest BCUT2D eigenvalue weighted by atomic mass is 79.9. The third-order valence-corrected chi connectivity index (χ3v) is 5.64. The van der Waals surface area contributed by atoms with Gasteiger partial charge in [-0.05, 0) is 30.3 Å². The fourth-order valence-corrected chi connectivity index (χ4v) is 4.46. The van der Waals surface area contributed by atoms with Crippen molar-refractivity contribution in [1.82, 2.24) is 10.2 Å². The fourth-order valence-electron chi connectivity index (χ4n) is 2.86. The predicted octanol–water partition coefficient (Wildman–Crippen LogP) is 4.17. The van der Waals surface area contributed by atoms with Crippen molar-refractivity contribution < 1.29 is 4.74 Å². The lowest BCUT2D eigenvalue weighted by atomic mass is 10.0. The molecule has 2 aromatic rings. The van der Waals surface area contributed by atoms with Crippen molar-refractivity contribution in [3.05, 3.63) is 49.6 Å². The number of nitrogens with one attached hydrogen (secondary N) is 1. The third-order valence-electron chi connectivity index (χ3n) is 3.87. The van der Waals surface area contributed by atoms with Crippen molar-refractivity contribution in [2.75, 3.05) is 33.3 Å². The van der Waals surface area contributed by atoms with E-state index in [1.807, 2.05) is 18.2 Å². The molecule has 0 saturated carbocycles. The van der Waals surface area contributed by atoms with Gasteiger partial charge in [0.1, 0.15) is 5.75 Å². The van der Waals surface area contributed by atoms with Gasteiger partial charge in [0, 0.05) is 41.1 Å². The van der Waals surface area contributed by atoms with E-state index in [1.54, 1.807) is 18.4 Å². The molecule has 1 N–H and O–H groups in total. The molecule has 0 radical (unpaired) electrons. The van der Waals surface area contributed by atoms with E-state index in [1.165, 1.54) is 10.4 Å². The van der Waals surface area contributed by atoms with Gasteiger partial charge in [0.2, 0.25) is 0 Å². The standard InChI is InChI=1S/C16H18BrClN2OS/c1-21-13-3-2-11(17)10-12(13)16(14-4-5-15(18)22-14)20-8-6-19-7-9-20/h2-5,10,16,19H,6-9H2,1H3. The summed E-state index contributed by atoms with van der Waals surface area (Å²) in [6.07, 6.45) is 0. The summed E-state index contributed by atoms with van der Waals surface area (Å²) in [4.78, 5) is 3.74. The lowest BCUT2D eigenvalue weighted by Gasteiger charge is -2.35. The maximum absolute atomic E-state index is 6.18. The first kappa shape index (κ1) is 16.3. The molecule has 0 spiro atoms. The quantitative estimate of drug-likeness (QED) is 0.832. The Balaban J connectivity index is 2.06. The summed E-state index contributed by atoms with van der Waals surface area (Å²) in [6, 6.07) is 10.5. The normalized spacial score (nSPS) is 17.4. The molecular formula is C16H18BrClN2OS. The van der Waals surface area contributed by atoms with E-state index in [0.29, 0.717) is 0 Å². The van der Waals surface area contributed by atoms with E-state index in [4.69, 9.17) is 16.3 Å². The molecule has 0 amide bonds. The molecule has 1 atom stereocenters. The summed E-state index contributed by atoms with van der Waals surface area (Å²) in [7, 11) is 1.73. The van der Waals surface area contributed by atoms with Crippen molar-refractivity contribution in [1.29, 1.82) is 0 Å². The van der Waals surface area contributed by atoms with Gasteiger partial charge in [-0.2, -0.15) is 0 Å². The van der Waals surface area contributed by atoms with Crippen LogP contribution in [-0.2, 0) is 0 Å². The van der Waals surface area contributed by atoms with Crippen LogP contribution in [0, 0.1) is 0 Å². The van der Waals surface area contributed by atoms with Gasteiger partial charge in [0.05, 0.1) is 17.5 Å². The first-order valence-electron chi connectivity index (χ1n) is 7.22. The number of ether oxygens (including phenoxy) is 1. The molecule has 1 aromatic heterocycles. The van der Waals surface area contributed by atoms with Crippen molar-refractivity contribution in [3.8, 4) is 5.75 Å². The van der Waals surface area contributed by atoms with E-state index in [9.17, 15) is 0 Å². The fraction of sp³-hybridized carbons (Fsp3) is 0.375. The van der Waals surface area contributed by atoms with Crippen LogP contribution >= 0.6 is 38.9 Å². The van der Waals surface area contributed by atoms with Crippen LogP contribution in [0.1, 0.15) is 16.5 Å². The van der Waals surface area contributed by atoms with Crippen LogP contribution in [0.4, 0.5) is 0 Å². The molecule has 1 fully saturated rings. The van der Waals surface area contributed by atoms with Crippen LogP contribution < -0.4 is 10.1 Å². The minimum atomic E-state index is 0.173. The Kier molecular flexibility index (Phi) is 5.42. The number of rotatable bonds is 4. The van der Waals surface area contributed by atoms with E-state index in [2.05, 4.69) is 38.3 Å². The largest absolute Gasteiger partial charge is 0.496 e. The second kappa shape index (κ2) is 7.32. The number of nitrogens with zero attached hydrogens (tertiary/aromatic N) is 1. The molecule has 1 aromatic carbocycles. The van der Waals surface area contributed by atoms with Crippen LogP contribution in [0.2, 0.25) is 4.34 Å². The lowest BCUT2D eigenvalue weighted by molar-refractivity contribution is 0.197. The van der Waals surface area contributed by atoms with Crippen molar-refractivity contribution in [2.45, 2.75) is 6.04 Å². The molecule has 1 aliphatic heterocycles. The van der Waals surface area contributed by atoms with Gasteiger partial charge in [-0.25, -0.2) is 0 Å². The first-order chi connectivity index (χ1) is 10.7. The Morgan fingerprint density at radius 2 is 2.05 bits per heavy atom. The zero-order valence-electron chi connectivity index (χ0n) is 12.3.